The molecule has 0 unspecified atom stereocenters. The Hall–Kier alpha value is -2.82. The van der Waals surface area contributed by atoms with E-state index in [2.05, 4.69) is 17.2 Å². The third-order valence-electron chi connectivity index (χ3n) is 3.66. The minimum atomic E-state index is -0.0851. The van der Waals surface area contributed by atoms with E-state index in [1.807, 2.05) is 59.3 Å². The molecule has 0 saturated carbocycles. The Morgan fingerprint density at radius 3 is 2.79 bits per heavy atom. The van der Waals surface area contributed by atoms with Gasteiger partial charge in [-0.3, -0.25) is 4.79 Å². The van der Waals surface area contributed by atoms with Gasteiger partial charge in [-0.25, -0.2) is 4.98 Å². The highest BCUT2D eigenvalue weighted by molar-refractivity contribution is 5.92. The van der Waals surface area contributed by atoms with Gasteiger partial charge in [0.05, 0.1) is 18.7 Å². The highest BCUT2D eigenvalue weighted by atomic mass is 16.5. The Morgan fingerprint density at radius 1 is 1.21 bits per heavy atom. The molecular weight excluding hydrogens is 302 g/mol. The first-order valence-corrected chi connectivity index (χ1v) is 8.20. The summed E-state index contributed by atoms with van der Waals surface area (Å²) in [5.74, 6) is 0.736. The number of amides is 1. The van der Waals surface area contributed by atoms with Crippen LogP contribution in [-0.4, -0.2) is 21.9 Å². The van der Waals surface area contributed by atoms with Gasteiger partial charge in [0.1, 0.15) is 11.4 Å². The normalized spacial score (nSPS) is 10.7. The first-order valence-electron chi connectivity index (χ1n) is 8.20. The van der Waals surface area contributed by atoms with E-state index in [0.29, 0.717) is 0 Å². The number of ether oxygens (including phenoxy) is 1. The molecule has 1 aromatic carbocycles. The number of nitrogens with zero attached hydrogens (tertiary/aromatic N) is 2. The first kappa shape index (κ1) is 16.1. The molecule has 0 bridgehead atoms. The molecule has 0 aliphatic rings. The molecule has 124 valence electrons. The summed E-state index contributed by atoms with van der Waals surface area (Å²) in [6, 6.07) is 13.2. The number of carbonyl (C=O) groups is 1. The monoisotopic (exact) mass is 323 g/mol. The van der Waals surface area contributed by atoms with Crippen LogP contribution >= 0.6 is 0 Å². The maximum Gasteiger partial charge on any atom is 0.230 e. The number of unbranched alkanes of at least 4 members (excludes halogenated alkanes) is 1. The van der Waals surface area contributed by atoms with E-state index in [1.54, 1.807) is 0 Å². The second kappa shape index (κ2) is 7.64. The van der Waals surface area contributed by atoms with Crippen LogP contribution in [0.15, 0.2) is 54.9 Å². The maximum absolute atomic E-state index is 12.2. The van der Waals surface area contributed by atoms with Crippen LogP contribution in [0.3, 0.4) is 0 Å². The summed E-state index contributed by atoms with van der Waals surface area (Å²) >= 11 is 0. The van der Waals surface area contributed by atoms with Gasteiger partial charge in [-0.05, 0) is 42.8 Å². The highest BCUT2D eigenvalue weighted by Gasteiger charge is 2.08. The van der Waals surface area contributed by atoms with Crippen molar-refractivity contribution in [3.63, 3.8) is 0 Å². The van der Waals surface area contributed by atoms with E-state index < -0.39 is 0 Å². The summed E-state index contributed by atoms with van der Waals surface area (Å²) in [6.07, 6.45) is 6.19. The Balaban J connectivity index is 1.56. The lowest BCUT2D eigenvalue weighted by molar-refractivity contribution is -0.115. The molecule has 5 nitrogen and oxygen atoms in total. The molecule has 0 spiro atoms. The molecule has 1 amide bonds. The van der Waals surface area contributed by atoms with E-state index in [9.17, 15) is 4.79 Å². The van der Waals surface area contributed by atoms with Crippen molar-refractivity contribution in [2.75, 3.05) is 11.9 Å². The van der Waals surface area contributed by atoms with E-state index in [4.69, 9.17) is 4.74 Å². The molecule has 2 heterocycles. The van der Waals surface area contributed by atoms with Crippen molar-refractivity contribution in [1.29, 1.82) is 0 Å². The van der Waals surface area contributed by atoms with E-state index in [-0.39, 0.29) is 12.3 Å². The molecule has 1 N–H and O–H groups in total. The number of nitrogens with one attached hydrogen (secondary N) is 1. The van der Waals surface area contributed by atoms with Crippen molar-refractivity contribution in [3.05, 3.63) is 60.6 Å². The standard InChI is InChI=1S/C19H21N3O2/c1-2-3-12-24-17-9-7-15(8-10-17)21-19(23)13-16-14-22-11-5-4-6-18(22)20-16/h4-11,14H,2-3,12-13H2,1H3,(H,21,23). The zero-order chi connectivity index (χ0) is 16.8. The van der Waals surface area contributed by atoms with Gasteiger partial charge in [-0.15, -0.1) is 0 Å². The summed E-state index contributed by atoms with van der Waals surface area (Å²) < 4.78 is 7.52. The number of anilines is 1. The number of carbonyl (C=O) groups excluding carboxylic acids is 1. The van der Waals surface area contributed by atoms with Crippen molar-refractivity contribution in [2.45, 2.75) is 26.2 Å². The van der Waals surface area contributed by atoms with Gasteiger partial charge >= 0.3 is 0 Å². The van der Waals surface area contributed by atoms with Gasteiger partial charge in [0.2, 0.25) is 5.91 Å². The fraction of sp³-hybridized carbons (Fsp3) is 0.263. The molecule has 0 atom stereocenters. The summed E-state index contributed by atoms with van der Waals surface area (Å²) in [6.45, 7) is 2.85. The van der Waals surface area contributed by atoms with E-state index in [1.165, 1.54) is 0 Å². The molecule has 0 fully saturated rings. The van der Waals surface area contributed by atoms with Gasteiger partial charge in [0.25, 0.3) is 0 Å². The van der Waals surface area contributed by atoms with E-state index in [0.717, 1.165) is 42.2 Å². The Labute approximate surface area is 141 Å². The van der Waals surface area contributed by atoms with Crippen molar-refractivity contribution in [3.8, 4) is 5.75 Å². The number of hydrogen-bond donors (Lipinski definition) is 1. The second-order valence-electron chi connectivity index (χ2n) is 5.65. The van der Waals surface area contributed by atoms with Crippen molar-refractivity contribution in [2.24, 2.45) is 0 Å². The quantitative estimate of drug-likeness (QED) is 0.675. The van der Waals surface area contributed by atoms with Crippen LogP contribution in [0.25, 0.3) is 5.65 Å². The molecule has 0 radical (unpaired) electrons. The van der Waals surface area contributed by atoms with Crippen LogP contribution in [0.2, 0.25) is 0 Å². The molecule has 3 aromatic rings. The fourth-order valence-corrected chi connectivity index (χ4v) is 2.41. The Morgan fingerprint density at radius 2 is 2.04 bits per heavy atom. The lowest BCUT2D eigenvalue weighted by atomic mass is 10.2. The Kier molecular flexibility index (Phi) is 5.11. The molecule has 0 saturated heterocycles. The van der Waals surface area contributed by atoms with Gasteiger partial charge in [0.15, 0.2) is 0 Å². The van der Waals surface area contributed by atoms with Crippen LogP contribution in [0.5, 0.6) is 5.75 Å². The van der Waals surface area contributed by atoms with Crippen molar-refractivity contribution in [1.82, 2.24) is 9.38 Å². The zero-order valence-electron chi connectivity index (χ0n) is 13.7. The van der Waals surface area contributed by atoms with Crippen LogP contribution in [0.4, 0.5) is 5.69 Å². The number of hydrogen-bond acceptors (Lipinski definition) is 3. The predicted molar refractivity (Wildman–Crippen MR) is 94.4 cm³/mol. The van der Waals surface area contributed by atoms with Gasteiger partial charge in [-0.1, -0.05) is 19.4 Å². The number of aromatic nitrogens is 2. The molecule has 0 aliphatic carbocycles. The molecule has 5 heteroatoms. The fourth-order valence-electron chi connectivity index (χ4n) is 2.41. The number of imidazole rings is 1. The third kappa shape index (κ3) is 4.13. The largest absolute Gasteiger partial charge is 0.494 e. The van der Waals surface area contributed by atoms with Crippen LogP contribution < -0.4 is 10.1 Å². The predicted octanol–water partition coefficient (Wildman–Crippen LogP) is 3.69. The zero-order valence-corrected chi connectivity index (χ0v) is 13.7. The topological polar surface area (TPSA) is 55.6 Å². The van der Waals surface area contributed by atoms with Gasteiger partial charge in [-0.2, -0.15) is 0 Å². The minimum absolute atomic E-state index is 0.0851. The van der Waals surface area contributed by atoms with Crippen LogP contribution in [0, 0.1) is 0 Å². The summed E-state index contributed by atoms with van der Waals surface area (Å²) in [5, 5.41) is 2.89. The average Bonchev–Trinajstić information content (AvgIpc) is 2.98. The SMILES string of the molecule is CCCCOc1ccc(NC(=O)Cc2cn3ccccc3n2)cc1. The number of benzene rings is 1. The van der Waals surface area contributed by atoms with Gasteiger partial charge in [0, 0.05) is 18.1 Å². The molecule has 0 aliphatic heterocycles. The lowest BCUT2D eigenvalue weighted by Gasteiger charge is -2.07. The number of pyridine rings is 1. The highest BCUT2D eigenvalue weighted by Crippen LogP contribution is 2.16. The lowest BCUT2D eigenvalue weighted by Crippen LogP contribution is -2.14. The first-order chi connectivity index (χ1) is 11.7. The molecule has 3 rings (SSSR count). The van der Waals surface area contributed by atoms with Crippen molar-refractivity contribution >= 4 is 17.2 Å². The smallest absolute Gasteiger partial charge is 0.230 e. The average molecular weight is 323 g/mol. The Bertz CT molecular complexity index is 776. The minimum Gasteiger partial charge on any atom is -0.494 e. The van der Waals surface area contributed by atoms with Crippen LogP contribution in [-0.2, 0) is 11.2 Å². The van der Waals surface area contributed by atoms with E-state index >= 15 is 0 Å². The number of rotatable bonds is 7. The molecule has 24 heavy (non-hydrogen) atoms. The van der Waals surface area contributed by atoms with Crippen molar-refractivity contribution < 1.29 is 9.53 Å². The third-order valence-corrected chi connectivity index (χ3v) is 3.66. The van der Waals surface area contributed by atoms with Crippen LogP contribution in [0.1, 0.15) is 25.5 Å². The summed E-state index contributed by atoms with van der Waals surface area (Å²) in [5.41, 5.74) is 2.35. The molecular formula is C19H21N3O2. The molecule has 2 aromatic heterocycles. The summed E-state index contributed by atoms with van der Waals surface area (Å²) in [7, 11) is 0. The number of fused-ring (bicyclic) bond motifs is 1. The second-order valence-corrected chi connectivity index (χ2v) is 5.65. The van der Waals surface area contributed by atoms with Gasteiger partial charge < -0.3 is 14.5 Å². The maximum atomic E-state index is 12.2. The summed E-state index contributed by atoms with van der Waals surface area (Å²) in [4.78, 5) is 16.6.